The van der Waals surface area contributed by atoms with Crippen molar-refractivity contribution in [2.45, 2.75) is 24.3 Å². The predicted octanol–water partition coefficient (Wildman–Crippen LogP) is 1.42. The number of benzene rings is 1. The minimum atomic E-state index is -3.84. The molecular weight excluding hydrogens is 332 g/mol. The maximum atomic E-state index is 12.8. The lowest BCUT2D eigenvalue weighted by Gasteiger charge is -2.30. The van der Waals surface area contributed by atoms with E-state index in [1.165, 1.54) is 24.4 Å². The van der Waals surface area contributed by atoms with E-state index in [2.05, 4.69) is 15.0 Å². The summed E-state index contributed by atoms with van der Waals surface area (Å²) in [6, 6.07) is 5.28. The number of non-ortho nitro benzene ring substituents is 1. The van der Waals surface area contributed by atoms with Gasteiger partial charge in [-0.3, -0.25) is 15.1 Å². The molecule has 2 N–H and O–H groups in total. The van der Waals surface area contributed by atoms with E-state index in [-0.39, 0.29) is 33.4 Å². The van der Waals surface area contributed by atoms with Gasteiger partial charge in [0.15, 0.2) is 0 Å². The Labute approximate surface area is 139 Å². The van der Waals surface area contributed by atoms with E-state index in [0.717, 1.165) is 13.0 Å². The summed E-state index contributed by atoms with van der Waals surface area (Å²) in [7, 11) is -3.84. The molecule has 0 radical (unpaired) electrons. The number of rotatable bonds is 4. The quantitative estimate of drug-likeness (QED) is 0.637. The van der Waals surface area contributed by atoms with Crippen LogP contribution in [0.25, 0.3) is 10.9 Å². The van der Waals surface area contributed by atoms with E-state index >= 15 is 0 Å². The lowest BCUT2D eigenvalue weighted by molar-refractivity contribution is -0.383. The van der Waals surface area contributed by atoms with Crippen molar-refractivity contribution in [2.75, 3.05) is 13.1 Å². The molecule has 1 aromatic heterocycles. The minimum absolute atomic E-state index is 0.0403. The topological polar surface area (TPSA) is 114 Å². The molecule has 128 valence electrons. The summed E-state index contributed by atoms with van der Waals surface area (Å²) in [5, 5.41) is 14.5. The van der Waals surface area contributed by atoms with E-state index in [1.807, 2.05) is 6.92 Å². The lowest BCUT2D eigenvalue weighted by atomic mass is 9.96. The van der Waals surface area contributed by atoms with E-state index in [9.17, 15) is 18.5 Å². The van der Waals surface area contributed by atoms with Crippen LogP contribution in [0.4, 0.5) is 5.69 Å². The number of nitro benzene ring substituents is 1. The van der Waals surface area contributed by atoms with Crippen molar-refractivity contribution in [1.29, 1.82) is 0 Å². The van der Waals surface area contributed by atoms with E-state index in [4.69, 9.17) is 0 Å². The van der Waals surface area contributed by atoms with Gasteiger partial charge in [0.05, 0.1) is 15.8 Å². The maximum Gasteiger partial charge on any atom is 0.278 e. The summed E-state index contributed by atoms with van der Waals surface area (Å²) < 4.78 is 28.3. The SMILES string of the molecule is CC1CCNCC1NS(=O)(=O)c1ccc([N+](=O)[O-])c2cccnc12. The molecule has 0 saturated carbocycles. The highest BCUT2D eigenvalue weighted by molar-refractivity contribution is 7.89. The summed E-state index contributed by atoms with van der Waals surface area (Å²) >= 11 is 0. The summed E-state index contributed by atoms with van der Waals surface area (Å²) in [6.07, 6.45) is 2.31. The Kier molecular flexibility index (Phi) is 4.48. The van der Waals surface area contributed by atoms with Crippen molar-refractivity contribution in [3.63, 3.8) is 0 Å². The third-order valence-electron chi connectivity index (χ3n) is 4.33. The van der Waals surface area contributed by atoms with Gasteiger partial charge >= 0.3 is 0 Å². The van der Waals surface area contributed by atoms with Crippen LogP contribution in [0.5, 0.6) is 0 Å². The number of nitrogens with zero attached hydrogens (tertiary/aromatic N) is 2. The van der Waals surface area contributed by atoms with Crippen LogP contribution in [-0.2, 0) is 10.0 Å². The van der Waals surface area contributed by atoms with E-state index < -0.39 is 14.9 Å². The van der Waals surface area contributed by atoms with Gasteiger partial charge in [0.1, 0.15) is 4.90 Å². The summed E-state index contributed by atoms with van der Waals surface area (Å²) in [6.45, 7) is 3.42. The second kappa shape index (κ2) is 6.42. The van der Waals surface area contributed by atoms with Crippen molar-refractivity contribution in [3.8, 4) is 0 Å². The average Bonchev–Trinajstić information content (AvgIpc) is 2.55. The predicted molar refractivity (Wildman–Crippen MR) is 89.2 cm³/mol. The lowest BCUT2D eigenvalue weighted by Crippen LogP contribution is -2.50. The molecule has 1 saturated heterocycles. The molecule has 1 aliphatic rings. The molecule has 0 bridgehead atoms. The van der Waals surface area contributed by atoms with Crippen LogP contribution < -0.4 is 10.0 Å². The standard InChI is InChI=1S/C15H18N4O4S/c1-10-6-8-16-9-12(10)18-24(22,23)14-5-4-13(19(20)21)11-3-2-7-17-15(11)14/h2-5,7,10,12,16,18H,6,8-9H2,1H3. The molecule has 9 heteroatoms. The largest absolute Gasteiger partial charge is 0.315 e. The third kappa shape index (κ3) is 3.10. The minimum Gasteiger partial charge on any atom is -0.315 e. The Morgan fingerprint density at radius 1 is 1.38 bits per heavy atom. The second-order valence-corrected chi connectivity index (χ2v) is 7.62. The van der Waals surface area contributed by atoms with Gasteiger partial charge in [0.2, 0.25) is 10.0 Å². The van der Waals surface area contributed by atoms with Crippen LogP contribution >= 0.6 is 0 Å². The number of sulfonamides is 1. The van der Waals surface area contributed by atoms with Gasteiger partial charge < -0.3 is 5.32 Å². The first kappa shape index (κ1) is 16.7. The number of fused-ring (bicyclic) bond motifs is 1. The van der Waals surface area contributed by atoms with Crippen molar-refractivity contribution in [2.24, 2.45) is 5.92 Å². The van der Waals surface area contributed by atoms with Crippen LogP contribution in [0.3, 0.4) is 0 Å². The molecule has 2 unspecified atom stereocenters. The summed E-state index contributed by atoms with van der Waals surface area (Å²) in [5.41, 5.74) is -0.0552. The fourth-order valence-electron chi connectivity index (χ4n) is 2.92. The molecule has 2 aromatic rings. The summed E-state index contributed by atoms with van der Waals surface area (Å²) in [5.74, 6) is 0.207. The molecule has 1 fully saturated rings. The molecule has 0 amide bonds. The Hall–Kier alpha value is -2.10. The van der Waals surface area contributed by atoms with Crippen molar-refractivity contribution < 1.29 is 13.3 Å². The first-order valence-corrected chi connectivity index (χ1v) is 9.13. The van der Waals surface area contributed by atoms with Crippen molar-refractivity contribution in [3.05, 3.63) is 40.6 Å². The van der Waals surface area contributed by atoms with Crippen LogP contribution in [-0.4, -0.2) is 37.5 Å². The first-order chi connectivity index (χ1) is 11.4. The third-order valence-corrected chi connectivity index (χ3v) is 5.85. The molecule has 0 spiro atoms. The Morgan fingerprint density at radius 3 is 2.88 bits per heavy atom. The van der Waals surface area contributed by atoms with E-state index in [1.54, 1.807) is 6.07 Å². The molecular formula is C15H18N4O4S. The van der Waals surface area contributed by atoms with Crippen LogP contribution in [0.2, 0.25) is 0 Å². The number of hydrogen-bond acceptors (Lipinski definition) is 6. The second-order valence-electron chi connectivity index (χ2n) is 5.94. The number of aromatic nitrogens is 1. The molecule has 24 heavy (non-hydrogen) atoms. The number of nitrogens with one attached hydrogen (secondary N) is 2. The van der Waals surface area contributed by atoms with Gasteiger partial charge in [-0.15, -0.1) is 0 Å². The van der Waals surface area contributed by atoms with Crippen molar-refractivity contribution >= 4 is 26.6 Å². The van der Waals surface area contributed by atoms with Gasteiger partial charge in [-0.25, -0.2) is 13.1 Å². The van der Waals surface area contributed by atoms with Crippen LogP contribution in [0.1, 0.15) is 13.3 Å². The molecule has 1 aromatic carbocycles. The molecule has 2 atom stereocenters. The highest BCUT2D eigenvalue weighted by Crippen LogP contribution is 2.29. The van der Waals surface area contributed by atoms with Crippen LogP contribution in [0, 0.1) is 16.0 Å². The Morgan fingerprint density at radius 2 is 2.17 bits per heavy atom. The number of hydrogen-bond donors (Lipinski definition) is 2. The summed E-state index contributed by atoms with van der Waals surface area (Å²) in [4.78, 5) is 14.6. The fourth-order valence-corrected chi connectivity index (χ4v) is 4.42. The first-order valence-electron chi connectivity index (χ1n) is 7.65. The molecule has 1 aliphatic heterocycles. The normalized spacial score (nSPS) is 21.7. The van der Waals surface area contributed by atoms with Gasteiger partial charge in [-0.2, -0.15) is 0 Å². The smallest absolute Gasteiger partial charge is 0.278 e. The highest BCUT2D eigenvalue weighted by Gasteiger charge is 2.29. The molecule has 3 rings (SSSR count). The zero-order valence-corrected chi connectivity index (χ0v) is 13.9. The zero-order valence-electron chi connectivity index (χ0n) is 13.1. The molecule has 0 aliphatic carbocycles. The average molecular weight is 350 g/mol. The van der Waals surface area contributed by atoms with Gasteiger partial charge in [0.25, 0.3) is 5.69 Å². The number of piperidine rings is 1. The van der Waals surface area contributed by atoms with Gasteiger partial charge in [-0.05, 0) is 37.1 Å². The zero-order chi connectivity index (χ0) is 17.3. The number of nitro groups is 1. The molecule has 2 heterocycles. The monoisotopic (exact) mass is 350 g/mol. The Balaban J connectivity index is 2.05. The van der Waals surface area contributed by atoms with Gasteiger partial charge in [-0.1, -0.05) is 6.92 Å². The Bertz CT molecular complexity index is 884. The van der Waals surface area contributed by atoms with Gasteiger partial charge in [0, 0.05) is 24.8 Å². The highest BCUT2D eigenvalue weighted by atomic mass is 32.2. The maximum absolute atomic E-state index is 12.8. The van der Waals surface area contributed by atoms with E-state index in [0.29, 0.717) is 6.54 Å². The fraction of sp³-hybridized carbons (Fsp3) is 0.400. The van der Waals surface area contributed by atoms with Crippen LogP contribution in [0.15, 0.2) is 35.4 Å². The van der Waals surface area contributed by atoms with Crippen molar-refractivity contribution in [1.82, 2.24) is 15.0 Å². The number of pyridine rings is 1. The molecule has 8 nitrogen and oxygen atoms in total.